The van der Waals surface area contributed by atoms with E-state index in [2.05, 4.69) is 29.7 Å². The van der Waals surface area contributed by atoms with Gasteiger partial charge in [0.1, 0.15) is 6.10 Å². The first-order chi connectivity index (χ1) is 19.3. The van der Waals surface area contributed by atoms with Crippen LogP contribution in [0, 0.1) is 10.8 Å². The van der Waals surface area contributed by atoms with Gasteiger partial charge in [0.15, 0.2) is 5.79 Å². The van der Waals surface area contributed by atoms with Crippen LogP contribution >= 0.6 is 0 Å². The molecule has 2 amide bonds. The summed E-state index contributed by atoms with van der Waals surface area (Å²) in [6, 6.07) is 0. The number of carbonyl (C=O) groups excluding carboxylic acids is 3. The van der Waals surface area contributed by atoms with E-state index in [0.717, 1.165) is 25.7 Å². The second-order valence-electron chi connectivity index (χ2n) is 13.2. The summed E-state index contributed by atoms with van der Waals surface area (Å²) in [4.78, 5) is 37.3. The summed E-state index contributed by atoms with van der Waals surface area (Å²) >= 11 is 0. The third-order valence-electron chi connectivity index (χ3n) is 7.57. The van der Waals surface area contributed by atoms with E-state index in [1.54, 1.807) is 13.8 Å². The quantitative estimate of drug-likeness (QED) is 0.0899. The zero-order valence-corrected chi connectivity index (χ0v) is 27.2. The highest BCUT2D eigenvalue weighted by atomic mass is 16.7. The van der Waals surface area contributed by atoms with Crippen LogP contribution in [0.2, 0.25) is 0 Å². The molecule has 0 aliphatic carbocycles. The van der Waals surface area contributed by atoms with E-state index in [1.807, 2.05) is 27.7 Å². The van der Waals surface area contributed by atoms with Gasteiger partial charge in [0.05, 0.1) is 19.6 Å². The molecule has 8 heteroatoms. The van der Waals surface area contributed by atoms with Gasteiger partial charge in [0.25, 0.3) is 0 Å². The number of carbonyl (C=O) groups is 3. The maximum Gasteiger partial charge on any atom is 0.307 e. The third kappa shape index (κ3) is 16.3. The van der Waals surface area contributed by atoms with Crippen molar-refractivity contribution in [1.29, 1.82) is 0 Å². The van der Waals surface area contributed by atoms with E-state index in [9.17, 15) is 14.4 Å². The molecule has 0 aromatic carbocycles. The van der Waals surface area contributed by atoms with Gasteiger partial charge in [-0.15, -0.1) is 0 Å². The van der Waals surface area contributed by atoms with Gasteiger partial charge >= 0.3 is 5.97 Å². The van der Waals surface area contributed by atoms with Crippen LogP contribution in [0.25, 0.3) is 0 Å². The van der Waals surface area contributed by atoms with Gasteiger partial charge in [-0.3, -0.25) is 14.4 Å². The molecule has 41 heavy (non-hydrogen) atoms. The Hall–Kier alpha value is -1.93. The monoisotopic (exact) mass is 580 g/mol. The van der Waals surface area contributed by atoms with E-state index >= 15 is 0 Å². The first kappa shape index (κ1) is 37.1. The lowest BCUT2D eigenvalue weighted by Gasteiger charge is -2.44. The Morgan fingerprint density at radius 3 is 2.17 bits per heavy atom. The van der Waals surface area contributed by atoms with Crippen molar-refractivity contribution in [2.45, 2.75) is 144 Å². The summed E-state index contributed by atoms with van der Waals surface area (Å²) in [6.45, 7) is 14.9. The minimum absolute atomic E-state index is 0.0407. The minimum atomic E-state index is -0.828. The van der Waals surface area contributed by atoms with Crippen molar-refractivity contribution in [1.82, 2.24) is 10.6 Å². The maximum atomic E-state index is 12.6. The standard InChI is InChI=1S/C33H60N2O6/c1-8-9-10-11-12-13-14-15-16-17-18-19-22-31(2,3)30(38)35-23-20-25-39-27(36)21-24-34-29(37)28-32(4,5)26-40-33(6,7)41-28/h13-14,28H,8-12,15-26H2,1-7H3,(H,34,37)(H,35,38). The highest BCUT2D eigenvalue weighted by molar-refractivity contribution is 5.82. The Bertz CT molecular complexity index is 806. The molecule has 1 saturated heterocycles. The fraction of sp³-hybridized carbons (Fsp3) is 0.848. The SMILES string of the molecule is CCCCCCC=CCCCCCCC(C)(C)C(=O)NCCCOC(=O)CCNC(=O)C1OC(C)(C)OCC1(C)C. The van der Waals surface area contributed by atoms with Gasteiger partial charge in [-0.25, -0.2) is 0 Å². The van der Waals surface area contributed by atoms with Crippen LogP contribution in [0.4, 0.5) is 0 Å². The van der Waals surface area contributed by atoms with Crippen molar-refractivity contribution < 1.29 is 28.6 Å². The molecule has 1 heterocycles. The average molecular weight is 581 g/mol. The van der Waals surface area contributed by atoms with Crippen molar-refractivity contribution in [3.63, 3.8) is 0 Å². The molecule has 1 fully saturated rings. The summed E-state index contributed by atoms with van der Waals surface area (Å²) in [5, 5.41) is 5.75. The molecule has 0 bridgehead atoms. The van der Waals surface area contributed by atoms with Crippen LogP contribution < -0.4 is 10.6 Å². The third-order valence-corrected chi connectivity index (χ3v) is 7.57. The van der Waals surface area contributed by atoms with Gasteiger partial charge in [-0.2, -0.15) is 0 Å². The number of esters is 1. The van der Waals surface area contributed by atoms with Crippen LogP contribution in [0.5, 0.6) is 0 Å². The lowest BCUT2D eigenvalue weighted by molar-refractivity contribution is -0.304. The Labute approximate surface area is 250 Å². The molecule has 0 saturated carbocycles. The van der Waals surface area contributed by atoms with E-state index in [0.29, 0.717) is 19.6 Å². The number of unbranched alkanes of at least 4 members (excludes halogenated alkanes) is 8. The largest absolute Gasteiger partial charge is 0.466 e. The first-order valence-corrected chi connectivity index (χ1v) is 16.0. The summed E-state index contributed by atoms with van der Waals surface area (Å²) < 4.78 is 16.7. The van der Waals surface area contributed by atoms with Crippen LogP contribution in [0.3, 0.4) is 0 Å². The van der Waals surface area contributed by atoms with E-state index < -0.39 is 22.7 Å². The van der Waals surface area contributed by atoms with Crippen molar-refractivity contribution in [3.05, 3.63) is 12.2 Å². The predicted octanol–water partition coefficient (Wildman–Crippen LogP) is 6.61. The molecule has 1 aliphatic rings. The molecule has 1 unspecified atom stereocenters. The number of ether oxygens (including phenoxy) is 3. The molecule has 0 radical (unpaired) electrons. The second kappa shape index (κ2) is 19.3. The highest BCUT2D eigenvalue weighted by Gasteiger charge is 2.45. The Morgan fingerprint density at radius 1 is 0.878 bits per heavy atom. The predicted molar refractivity (Wildman–Crippen MR) is 164 cm³/mol. The van der Waals surface area contributed by atoms with Crippen molar-refractivity contribution >= 4 is 17.8 Å². The number of rotatable bonds is 21. The van der Waals surface area contributed by atoms with Crippen LogP contribution in [-0.2, 0) is 28.6 Å². The van der Waals surface area contributed by atoms with Crippen molar-refractivity contribution in [3.8, 4) is 0 Å². The Morgan fingerprint density at radius 2 is 1.51 bits per heavy atom. The normalized spacial score (nSPS) is 18.3. The molecule has 8 nitrogen and oxygen atoms in total. The highest BCUT2D eigenvalue weighted by Crippen LogP contribution is 2.34. The minimum Gasteiger partial charge on any atom is -0.466 e. The van der Waals surface area contributed by atoms with Gasteiger partial charge in [-0.1, -0.05) is 85.3 Å². The smallest absolute Gasteiger partial charge is 0.307 e. The van der Waals surface area contributed by atoms with E-state index in [1.165, 1.54) is 44.9 Å². The maximum absolute atomic E-state index is 12.6. The molecule has 1 atom stereocenters. The van der Waals surface area contributed by atoms with E-state index in [-0.39, 0.29) is 37.4 Å². The zero-order chi connectivity index (χ0) is 30.8. The lowest BCUT2D eigenvalue weighted by atomic mass is 9.85. The summed E-state index contributed by atoms with van der Waals surface area (Å²) in [5.41, 5.74) is -0.880. The number of hydrogen-bond acceptors (Lipinski definition) is 6. The van der Waals surface area contributed by atoms with E-state index in [4.69, 9.17) is 14.2 Å². The Balaban J connectivity index is 2.09. The Kier molecular flexibility index (Phi) is 17.5. The fourth-order valence-corrected chi connectivity index (χ4v) is 4.69. The summed E-state index contributed by atoms with van der Waals surface area (Å²) in [5.74, 6) is -1.43. The second-order valence-corrected chi connectivity index (χ2v) is 13.2. The number of nitrogens with one attached hydrogen (secondary N) is 2. The molecule has 238 valence electrons. The van der Waals surface area contributed by atoms with Gasteiger partial charge in [0.2, 0.25) is 11.8 Å². The molecular formula is C33H60N2O6. The first-order valence-electron chi connectivity index (χ1n) is 16.0. The lowest BCUT2D eigenvalue weighted by Crippen LogP contribution is -2.56. The van der Waals surface area contributed by atoms with Crippen LogP contribution in [0.1, 0.15) is 132 Å². The zero-order valence-electron chi connectivity index (χ0n) is 27.2. The summed E-state index contributed by atoms with van der Waals surface area (Å²) in [6.07, 6.45) is 17.7. The molecule has 0 spiro atoms. The van der Waals surface area contributed by atoms with Gasteiger partial charge < -0.3 is 24.8 Å². The molecule has 1 rings (SSSR count). The topological polar surface area (TPSA) is 103 Å². The van der Waals surface area contributed by atoms with Crippen molar-refractivity contribution in [2.24, 2.45) is 10.8 Å². The molecule has 0 aromatic heterocycles. The fourth-order valence-electron chi connectivity index (χ4n) is 4.69. The van der Waals surface area contributed by atoms with Crippen LogP contribution in [-0.4, -0.2) is 56.0 Å². The molecule has 1 aliphatic heterocycles. The van der Waals surface area contributed by atoms with Crippen LogP contribution in [0.15, 0.2) is 12.2 Å². The molecule has 0 aromatic rings. The number of amides is 2. The molecule has 2 N–H and O–H groups in total. The molecular weight excluding hydrogens is 520 g/mol. The number of allylic oxidation sites excluding steroid dienone is 2. The number of hydrogen-bond donors (Lipinski definition) is 2. The van der Waals surface area contributed by atoms with Gasteiger partial charge in [0, 0.05) is 23.9 Å². The van der Waals surface area contributed by atoms with Gasteiger partial charge in [-0.05, 0) is 52.4 Å². The van der Waals surface area contributed by atoms with Crippen molar-refractivity contribution in [2.75, 3.05) is 26.3 Å². The summed E-state index contributed by atoms with van der Waals surface area (Å²) in [7, 11) is 0. The average Bonchev–Trinajstić information content (AvgIpc) is 2.90.